The highest BCUT2D eigenvalue weighted by atomic mass is 16.4. The molecule has 0 heterocycles. The number of hydrogen-bond acceptors (Lipinski definition) is 1. The third-order valence-electron chi connectivity index (χ3n) is 3.24. The molecule has 0 aromatic rings. The van der Waals surface area contributed by atoms with Crippen molar-refractivity contribution >= 4 is 5.97 Å². The predicted octanol–water partition coefficient (Wildman–Crippen LogP) is 6.22. The Labute approximate surface area is 136 Å². The number of carbonyl (C=O) groups is 1. The highest BCUT2D eigenvalue weighted by molar-refractivity contribution is 5.66. The van der Waals surface area contributed by atoms with Crippen LogP contribution < -0.4 is 0 Å². The van der Waals surface area contributed by atoms with E-state index < -0.39 is 5.97 Å². The molecule has 0 aliphatic heterocycles. The van der Waals surface area contributed by atoms with E-state index in [1.165, 1.54) is 44.9 Å². The smallest absolute Gasteiger partial charge is 0.303 e. The van der Waals surface area contributed by atoms with E-state index in [0.717, 1.165) is 6.42 Å². The van der Waals surface area contributed by atoms with Gasteiger partial charge in [-0.3, -0.25) is 4.79 Å². The Bertz CT molecular complexity index is 362. The minimum atomic E-state index is -0.745. The van der Waals surface area contributed by atoms with Crippen LogP contribution in [0.2, 0.25) is 0 Å². The van der Waals surface area contributed by atoms with Gasteiger partial charge in [-0.2, -0.15) is 0 Å². The molecule has 0 fully saturated rings. The Balaban J connectivity index is 3.35. The van der Waals surface area contributed by atoms with Gasteiger partial charge < -0.3 is 5.11 Å². The van der Waals surface area contributed by atoms with Crippen molar-refractivity contribution in [2.24, 2.45) is 0 Å². The third kappa shape index (κ3) is 18.4. The van der Waals surface area contributed by atoms with Crippen molar-refractivity contribution in [3.05, 3.63) is 48.6 Å². The van der Waals surface area contributed by atoms with Crippen LogP contribution >= 0.6 is 0 Å². The number of unbranched alkanes of at least 4 members (excludes halogenated alkanes) is 6. The zero-order chi connectivity index (χ0) is 16.3. The van der Waals surface area contributed by atoms with E-state index in [2.05, 4.69) is 31.2 Å². The molecule has 2 nitrogen and oxygen atoms in total. The molecule has 0 aromatic heterocycles. The minimum Gasteiger partial charge on any atom is -0.481 e. The summed E-state index contributed by atoms with van der Waals surface area (Å²) in [5.74, 6) is -0.745. The van der Waals surface area contributed by atoms with Gasteiger partial charge >= 0.3 is 5.97 Å². The van der Waals surface area contributed by atoms with Crippen molar-refractivity contribution in [2.45, 2.75) is 71.1 Å². The van der Waals surface area contributed by atoms with Gasteiger partial charge in [0.25, 0.3) is 0 Å². The van der Waals surface area contributed by atoms with Crippen LogP contribution in [-0.2, 0) is 4.79 Å². The van der Waals surface area contributed by atoms with Crippen molar-refractivity contribution in [2.75, 3.05) is 0 Å². The Hall–Kier alpha value is -1.57. The average molecular weight is 304 g/mol. The predicted molar refractivity (Wildman–Crippen MR) is 96.0 cm³/mol. The molecule has 0 saturated heterocycles. The van der Waals surface area contributed by atoms with Crippen LogP contribution in [0.4, 0.5) is 0 Å². The summed E-state index contributed by atoms with van der Waals surface area (Å²) in [5.41, 5.74) is 0. The standard InChI is InChI=1S/C20H32O2/c1-2-3-4-5-6-7-8-9-10-11-12-13-14-15-16-17-18-19-20(21)22/h4-5,12-17H,2-3,6-11,18-19H2,1H3,(H,21,22)/b5-4+,13-12+,15-14+,17-16+. The molecular weight excluding hydrogens is 272 g/mol. The molecule has 0 unspecified atom stereocenters. The molecule has 0 saturated carbocycles. The second-order valence-electron chi connectivity index (χ2n) is 5.43. The SMILES string of the molecule is CCC/C=C/CCCCCC/C=C/C=C/C=C/CCC(=O)O. The van der Waals surface area contributed by atoms with Crippen LogP contribution in [0.1, 0.15) is 71.1 Å². The summed E-state index contributed by atoms with van der Waals surface area (Å²) in [4.78, 5) is 10.3. The summed E-state index contributed by atoms with van der Waals surface area (Å²) in [6, 6.07) is 0. The van der Waals surface area contributed by atoms with Crippen LogP contribution in [0, 0.1) is 0 Å². The van der Waals surface area contributed by atoms with Gasteiger partial charge in [-0.15, -0.1) is 0 Å². The van der Waals surface area contributed by atoms with Gasteiger partial charge in [0, 0.05) is 6.42 Å². The molecule has 0 bridgehead atoms. The normalized spacial score (nSPS) is 12.4. The number of carboxylic acid groups (broad SMARTS) is 1. The largest absolute Gasteiger partial charge is 0.481 e. The lowest BCUT2D eigenvalue weighted by atomic mass is 10.1. The molecule has 0 rings (SSSR count). The maximum Gasteiger partial charge on any atom is 0.303 e. The van der Waals surface area contributed by atoms with E-state index in [9.17, 15) is 4.79 Å². The van der Waals surface area contributed by atoms with E-state index in [0.29, 0.717) is 6.42 Å². The fourth-order valence-corrected chi connectivity index (χ4v) is 1.96. The highest BCUT2D eigenvalue weighted by Gasteiger charge is 1.90. The summed E-state index contributed by atoms with van der Waals surface area (Å²) >= 11 is 0. The van der Waals surface area contributed by atoms with E-state index in [1.54, 1.807) is 0 Å². The molecule has 124 valence electrons. The molecule has 2 heteroatoms. The molecular formula is C20H32O2. The van der Waals surface area contributed by atoms with Crippen molar-refractivity contribution in [1.29, 1.82) is 0 Å². The second-order valence-corrected chi connectivity index (χ2v) is 5.43. The zero-order valence-electron chi connectivity index (χ0n) is 14.0. The van der Waals surface area contributed by atoms with Crippen LogP contribution in [-0.4, -0.2) is 11.1 Å². The highest BCUT2D eigenvalue weighted by Crippen LogP contribution is 2.07. The summed E-state index contributed by atoms with van der Waals surface area (Å²) in [6.07, 6.45) is 27.4. The first-order chi connectivity index (χ1) is 10.8. The summed E-state index contributed by atoms with van der Waals surface area (Å²) in [6.45, 7) is 2.21. The lowest BCUT2D eigenvalue weighted by Crippen LogP contribution is -1.91. The van der Waals surface area contributed by atoms with Gasteiger partial charge in [-0.25, -0.2) is 0 Å². The number of aliphatic carboxylic acids is 1. The van der Waals surface area contributed by atoms with Crippen molar-refractivity contribution in [3.63, 3.8) is 0 Å². The molecule has 0 aromatic carbocycles. The molecule has 0 radical (unpaired) electrons. The van der Waals surface area contributed by atoms with Crippen molar-refractivity contribution in [1.82, 2.24) is 0 Å². The van der Waals surface area contributed by atoms with E-state index in [1.807, 2.05) is 24.3 Å². The van der Waals surface area contributed by atoms with Crippen molar-refractivity contribution < 1.29 is 9.90 Å². The van der Waals surface area contributed by atoms with Gasteiger partial charge in [-0.05, 0) is 38.5 Å². The molecule has 0 aliphatic carbocycles. The maximum atomic E-state index is 10.3. The summed E-state index contributed by atoms with van der Waals surface area (Å²) < 4.78 is 0. The average Bonchev–Trinajstić information content (AvgIpc) is 2.50. The number of allylic oxidation sites excluding steroid dienone is 8. The molecule has 0 amide bonds. The first-order valence-electron chi connectivity index (χ1n) is 8.62. The number of carboxylic acids is 1. The fraction of sp³-hybridized carbons (Fsp3) is 0.550. The Morgan fingerprint density at radius 1 is 0.727 bits per heavy atom. The molecule has 0 atom stereocenters. The molecule has 22 heavy (non-hydrogen) atoms. The van der Waals surface area contributed by atoms with Gasteiger partial charge in [0.1, 0.15) is 0 Å². The lowest BCUT2D eigenvalue weighted by molar-refractivity contribution is -0.136. The monoisotopic (exact) mass is 304 g/mol. The Kier molecular flexibility index (Phi) is 16.2. The fourth-order valence-electron chi connectivity index (χ4n) is 1.96. The zero-order valence-corrected chi connectivity index (χ0v) is 14.0. The minimum absolute atomic E-state index is 0.203. The van der Waals surface area contributed by atoms with Crippen molar-refractivity contribution in [3.8, 4) is 0 Å². The van der Waals surface area contributed by atoms with E-state index in [4.69, 9.17) is 5.11 Å². The molecule has 1 N–H and O–H groups in total. The quantitative estimate of drug-likeness (QED) is 0.235. The summed E-state index contributed by atoms with van der Waals surface area (Å²) in [7, 11) is 0. The second kappa shape index (κ2) is 17.5. The van der Waals surface area contributed by atoms with Gasteiger partial charge in [0.05, 0.1) is 0 Å². The third-order valence-corrected chi connectivity index (χ3v) is 3.24. The number of hydrogen-bond donors (Lipinski definition) is 1. The Morgan fingerprint density at radius 2 is 1.27 bits per heavy atom. The van der Waals surface area contributed by atoms with Crippen LogP contribution in [0.25, 0.3) is 0 Å². The van der Waals surface area contributed by atoms with E-state index in [-0.39, 0.29) is 6.42 Å². The van der Waals surface area contributed by atoms with Gasteiger partial charge in [-0.1, -0.05) is 74.8 Å². The summed E-state index contributed by atoms with van der Waals surface area (Å²) in [5, 5.41) is 8.47. The van der Waals surface area contributed by atoms with Crippen LogP contribution in [0.15, 0.2) is 48.6 Å². The van der Waals surface area contributed by atoms with Crippen LogP contribution in [0.3, 0.4) is 0 Å². The van der Waals surface area contributed by atoms with Gasteiger partial charge in [0.2, 0.25) is 0 Å². The van der Waals surface area contributed by atoms with Gasteiger partial charge in [0.15, 0.2) is 0 Å². The molecule has 0 spiro atoms. The first-order valence-corrected chi connectivity index (χ1v) is 8.62. The topological polar surface area (TPSA) is 37.3 Å². The van der Waals surface area contributed by atoms with Crippen LogP contribution in [0.5, 0.6) is 0 Å². The first kappa shape index (κ1) is 20.4. The maximum absolute atomic E-state index is 10.3. The molecule has 0 aliphatic rings. The Morgan fingerprint density at radius 3 is 1.86 bits per heavy atom. The lowest BCUT2D eigenvalue weighted by Gasteiger charge is -1.96. The number of rotatable bonds is 14. The van der Waals surface area contributed by atoms with E-state index >= 15 is 0 Å².